The number of benzene rings is 1. The molecule has 1 aromatic carbocycles. The number of fused-ring (bicyclic) bond motifs is 1. The summed E-state index contributed by atoms with van der Waals surface area (Å²) in [5, 5.41) is 2.82. The van der Waals surface area contributed by atoms with Crippen molar-refractivity contribution >= 4 is 21.6 Å². The molecule has 138 valence electrons. The summed E-state index contributed by atoms with van der Waals surface area (Å²) < 4.78 is 1.83. The lowest BCUT2D eigenvalue weighted by Gasteiger charge is -2.19. The molecule has 0 fully saturated rings. The minimum atomic E-state index is 0.0779. The van der Waals surface area contributed by atoms with E-state index in [4.69, 9.17) is 4.98 Å². The molecule has 0 unspecified atom stereocenters. The predicted octanol–water partition coefficient (Wildman–Crippen LogP) is 4.39. The number of aromatic nitrogens is 2. The van der Waals surface area contributed by atoms with Crippen LogP contribution in [0.1, 0.15) is 30.8 Å². The van der Waals surface area contributed by atoms with Gasteiger partial charge in [0.15, 0.2) is 0 Å². The van der Waals surface area contributed by atoms with E-state index < -0.39 is 0 Å². The maximum Gasteiger partial charge on any atom is 0.262 e. The third-order valence-corrected chi connectivity index (χ3v) is 6.11. The van der Waals surface area contributed by atoms with E-state index in [1.54, 1.807) is 11.3 Å². The Morgan fingerprint density at radius 1 is 1.12 bits per heavy atom. The molecule has 0 aliphatic heterocycles. The fourth-order valence-electron chi connectivity index (χ4n) is 3.29. The van der Waals surface area contributed by atoms with Gasteiger partial charge in [-0.25, -0.2) is 4.98 Å². The SMILES string of the molecule is CCN(CC)CCn1c(C)nc2scc(-c3ccc(C)c(C)c3)c2c1=O. The van der Waals surface area contributed by atoms with E-state index in [9.17, 15) is 4.79 Å². The maximum absolute atomic E-state index is 13.3. The second-order valence-corrected chi connectivity index (χ2v) is 7.63. The zero-order valence-electron chi connectivity index (χ0n) is 16.3. The molecule has 0 radical (unpaired) electrons. The third kappa shape index (κ3) is 3.46. The highest BCUT2D eigenvalue weighted by Gasteiger charge is 2.16. The van der Waals surface area contributed by atoms with Crippen LogP contribution in [-0.2, 0) is 6.54 Å². The van der Waals surface area contributed by atoms with Crippen LogP contribution >= 0.6 is 11.3 Å². The molecular weight excluding hydrogens is 342 g/mol. The van der Waals surface area contributed by atoms with Gasteiger partial charge in [-0.2, -0.15) is 0 Å². The Bertz CT molecular complexity index is 983. The predicted molar refractivity (Wildman–Crippen MR) is 111 cm³/mol. The third-order valence-electron chi connectivity index (χ3n) is 5.24. The summed E-state index contributed by atoms with van der Waals surface area (Å²) in [4.78, 5) is 21.1. The average Bonchev–Trinajstić information content (AvgIpc) is 3.04. The van der Waals surface area contributed by atoms with Crippen LogP contribution in [0.15, 0.2) is 28.4 Å². The summed E-state index contributed by atoms with van der Waals surface area (Å²) in [6, 6.07) is 6.38. The zero-order valence-corrected chi connectivity index (χ0v) is 17.1. The van der Waals surface area contributed by atoms with Gasteiger partial charge in [-0.05, 0) is 50.6 Å². The number of rotatable bonds is 6. The number of hydrogen-bond acceptors (Lipinski definition) is 4. The van der Waals surface area contributed by atoms with Crippen molar-refractivity contribution in [2.75, 3.05) is 19.6 Å². The summed E-state index contributed by atoms with van der Waals surface area (Å²) in [5.74, 6) is 0.795. The van der Waals surface area contributed by atoms with E-state index in [-0.39, 0.29) is 5.56 Å². The lowest BCUT2D eigenvalue weighted by atomic mass is 10.0. The number of likely N-dealkylation sites (N-methyl/N-ethyl adjacent to an activating group) is 1. The monoisotopic (exact) mass is 369 g/mol. The molecule has 0 spiro atoms. The van der Waals surface area contributed by atoms with Gasteiger partial charge in [-0.3, -0.25) is 9.36 Å². The van der Waals surface area contributed by atoms with Crippen molar-refractivity contribution in [2.45, 2.75) is 41.2 Å². The average molecular weight is 370 g/mol. The molecule has 0 saturated heterocycles. The summed E-state index contributed by atoms with van der Waals surface area (Å²) in [5.41, 5.74) is 4.68. The molecule has 0 atom stereocenters. The Hall–Kier alpha value is -1.98. The van der Waals surface area contributed by atoms with Crippen molar-refractivity contribution in [3.63, 3.8) is 0 Å². The molecule has 0 aliphatic carbocycles. The van der Waals surface area contributed by atoms with Gasteiger partial charge in [-0.15, -0.1) is 11.3 Å². The molecular formula is C21H27N3OS. The molecule has 0 saturated carbocycles. The first-order valence-electron chi connectivity index (χ1n) is 9.24. The van der Waals surface area contributed by atoms with Gasteiger partial charge < -0.3 is 4.90 Å². The molecule has 2 heterocycles. The number of nitrogens with zero attached hydrogens (tertiary/aromatic N) is 3. The van der Waals surface area contributed by atoms with E-state index in [1.165, 1.54) is 11.1 Å². The Kier molecular flexibility index (Phi) is 5.58. The number of hydrogen-bond donors (Lipinski definition) is 0. The van der Waals surface area contributed by atoms with Crippen molar-refractivity contribution in [3.8, 4) is 11.1 Å². The minimum absolute atomic E-state index is 0.0779. The minimum Gasteiger partial charge on any atom is -0.302 e. The van der Waals surface area contributed by atoms with Crippen LogP contribution in [0.5, 0.6) is 0 Å². The molecule has 3 rings (SSSR count). The summed E-state index contributed by atoms with van der Waals surface area (Å²) in [6.07, 6.45) is 0. The van der Waals surface area contributed by atoms with Crippen LogP contribution in [0.25, 0.3) is 21.3 Å². The van der Waals surface area contributed by atoms with Crippen LogP contribution in [0, 0.1) is 20.8 Å². The van der Waals surface area contributed by atoms with Crippen LogP contribution in [0.4, 0.5) is 0 Å². The van der Waals surface area contributed by atoms with Crippen molar-refractivity contribution in [3.05, 3.63) is 50.9 Å². The maximum atomic E-state index is 13.3. The Morgan fingerprint density at radius 2 is 1.85 bits per heavy atom. The van der Waals surface area contributed by atoms with E-state index in [0.29, 0.717) is 6.54 Å². The van der Waals surface area contributed by atoms with Crippen molar-refractivity contribution < 1.29 is 0 Å². The number of aryl methyl sites for hydroxylation is 3. The summed E-state index contributed by atoms with van der Waals surface area (Å²) in [7, 11) is 0. The molecule has 2 aromatic heterocycles. The largest absolute Gasteiger partial charge is 0.302 e. The molecule has 0 amide bonds. The summed E-state index contributed by atoms with van der Waals surface area (Å²) in [6.45, 7) is 14.0. The normalized spacial score (nSPS) is 11.6. The van der Waals surface area contributed by atoms with Gasteiger partial charge in [0.1, 0.15) is 10.7 Å². The smallest absolute Gasteiger partial charge is 0.262 e. The van der Waals surface area contributed by atoms with Gasteiger partial charge in [-0.1, -0.05) is 32.0 Å². The van der Waals surface area contributed by atoms with Crippen LogP contribution < -0.4 is 5.56 Å². The van der Waals surface area contributed by atoms with Gasteiger partial charge in [0.25, 0.3) is 5.56 Å². The van der Waals surface area contributed by atoms with Gasteiger partial charge in [0.2, 0.25) is 0 Å². The summed E-state index contributed by atoms with van der Waals surface area (Å²) >= 11 is 1.55. The molecule has 0 N–H and O–H groups in total. The molecule has 0 aliphatic rings. The van der Waals surface area contributed by atoms with Crippen molar-refractivity contribution in [2.24, 2.45) is 0 Å². The molecule has 26 heavy (non-hydrogen) atoms. The van der Waals surface area contributed by atoms with Crippen molar-refractivity contribution in [1.82, 2.24) is 14.5 Å². The highest BCUT2D eigenvalue weighted by molar-refractivity contribution is 7.17. The van der Waals surface area contributed by atoms with Crippen LogP contribution in [0.3, 0.4) is 0 Å². The van der Waals surface area contributed by atoms with Gasteiger partial charge in [0, 0.05) is 24.0 Å². The molecule has 3 aromatic rings. The highest BCUT2D eigenvalue weighted by atomic mass is 32.1. The van der Waals surface area contributed by atoms with Crippen LogP contribution in [-0.4, -0.2) is 34.1 Å². The Labute approximate surface area is 159 Å². The first kappa shape index (κ1) is 18.8. The first-order chi connectivity index (χ1) is 12.5. The van der Waals surface area contributed by atoms with E-state index in [2.05, 4.69) is 56.2 Å². The topological polar surface area (TPSA) is 38.1 Å². The molecule has 4 nitrogen and oxygen atoms in total. The second-order valence-electron chi connectivity index (χ2n) is 6.77. The fraction of sp³-hybridized carbons (Fsp3) is 0.429. The standard InChI is InChI=1S/C21H27N3OS/c1-6-23(7-2)10-11-24-16(5)22-20-19(21(24)25)18(13-26-20)17-9-8-14(3)15(4)12-17/h8-9,12-13H,6-7,10-11H2,1-5H3. The van der Waals surface area contributed by atoms with E-state index in [0.717, 1.165) is 46.8 Å². The first-order valence-corrected chi connectivity index (χ1v) is 10.1. The lowest BCUT2D eigenvalue weighted by Crippen LogP contribution is -2.32. The quantitative estimate of drug-likeness (QED) is 0.647. The van der Waals surface area contributed by atoms with Crippen LogP contribution in [0.2, 0.25) is 0 Å². The van der Waals surface area contributed by atoms with Gasteiger partial charge in [0.05, 0.1) is 5.39 Å². The lowest BCUT2D eigenvalue weighted by molar-refractivity contribution is 0.288. The van der Waals surface area contributed by atoms with Gasteiger partial charge >= 0.3 is 0 Å². The molecule has 5 heteroatoms. The zero-order chi connectivity index (χ0) is 18.8. The fourth-order valence-corrected chi connectivity index (χ4v) is 4.28. The van der Waals surface area contributed by atoms with E-state index >= 15 is 0 Å². The molecule has 0 bridgehead atoms. The second kappa shape index (κ2) is 7.72. The Morgan fingerprint density at radius 3 is 2.50 bits per heavy atom. The van der Waals surface area contributed by atoms with Crippen molar-refractivity contribution in [1.29, 1.82) is 0 Å². The highest BCUT2D eigenvalue weighted by Crippen LogP contribution is 2.32. The van der Waals surface area contributed by atoms with E-state index in [1.807, 2.05) is 11.5 Å². The Balaban J connectivity index is 2.09. The number of thiophene rings is 1.